The standard InChI is InChI=1S/C14H21N5O/c1-2-5-15-12-10-19-9-6-16-13(19)14(17-12)18-7-3-11(20)4-8-18/h6,9-11,15,20H,2-5,7-8H2,1H3. The number of hydrogen-bond acceptors (Lipinski definition) is 5. The summed E-state index contributed by atoms with van der Waals surface area (Å²) in [5, 5.41) is 13.0. The van der Waals surface area contributed by atoms with E-state index < -0.39 is 0 Å². The minimum atomic E-state index is -0.177. The van der Waals surface area contributed by atoms with Gasteiger partial charge in [0.05, 0.1) is 12.3 Å². The molecule has 3 heterocycles. The SMILES string of the molecule is CCCNc1cn2ccnc2c(N2CCC(O)CC2)n1. The Kier molecular flexibility index (Phi) is 3.73. The lowest BCUT2D eigenvalue weighted by Gasteiger charge is -2.30. The van der Waals surface area contributed by atoms with Crippen LogP contribution in [0.2, 0.25) is 0 Å². The molecule has 2 N–H and O–H groups in total. The smallest absolute Gasteiger partial charge is 0.180 e. The molecule has 0 radical (unpaired) electrons. The molecule has 1 aliphatic rings. The minimum absolute atomic E-state index is 0.177. The van der Waals surface area contributed by atoms with Crippen molar-refractivity contribution in [3.05, 3.63) is 18.6 Å². The van der Waals surface area contributed by atoms with E-state index in [9.17, 15) is 5.11 Å². The van der Waals surface area contributed by atoms with Gasteiger partial charge in [0.1, 0.15) is 5.82 Å². The summed E-state index contributed by atoms with van der Waals surface area (Å²) >= 11 is 0. The predicted molar refractivity (Wildman–Crippen MR) is 79.2 cm³/mol. The maximum atomic E-state index is 9.64. The van der Waals surface area contributed by atoms with Crippen molar-refractivity contribution in [2.75, 3.05) is 29.9 Å². The van der Waals surface area contributed by atoms with E-state index in [4.69, 9.17) is 4.98 Å². The van der Waals surface area contributed by atoms with Gasteiger partial charge in [-0.2, -0.15) is 0 Å². The summed E-state index contributed by atoms with van der Waals surface area (Å²) in [5.74, 6) is 1.78. The van der Waals surface area contributed by atoms with Gasteiger partial charge in [-0.3, -0.25) is 0 Å². The number of imidazole rings is 1. The lowest BCUT2D eigenvalue weighted by Crippen LogP contribution is -2.36. The summed E-state index contributed by atoms with van der Waals surface area (Å²) < 4.78 is 2.01. The van der Waals surface area contributed by atoms with Crippen LogP contribution in [0, 0.1) is 0 Å². The molecule has 0 unspecified atom stereocenters. The third kappa shape index (κ3) is 2.56. The van der Waals surface area contributed by atoms with Crippen LogP contribution < -0.4 is 10.2 Å². The van der Waals surface area contributed by atoms with E-state index in [-0.39, 0.29) is 6.10 Å². The molecule has 108 valence electrons. The van der Waals surface area contributed by atoms with Gasteiger partial charge in [0, 0.05) is 32.0 Å². The second kappa shape index (κ2) is 5.66. The van der Waals surface area contributed by atoms with E-state index in [0.717, 1.165) is 56.2 Å². The second-order valence-electron chi connectivity index (χ2n) is 5.25. The molecule has 0 atom stereocenters. The largest absolute Gasteiger partial charge is 0.393 e. The number of aliphatic hydroxyl groups excluding tert-OH is 1. The Bertz CT molecular complexity index is 574. The van der Waals surface area contributed by atoms with Gasteiger partial charge in [0.25, 0.3) is 0 Å². The maximum Gasteiger partial charge on any atom is 0.180 e. The van der Waals surface area contributed by atoms with Crippen LogP contribution in [0.3, 0.4) is 0 Å². The van der Waals surface area contributed by atoms with Crippen molar-refractivity contribution >= 4 is 17.3 Å². The molecule has 0 amide bonds. The van der Waals surface area contributed by atoms with Crippen LogP contribution in [0.15, 0.2) is 18.6 Å². The molecular weight excluding hydrogens is 254 g/mol. The van der Waals surface area contributed by atoms with Gasteiger partial charge >= 0.3 is 0 Å². The second-order valence-corrected chi connectivity index (χ2v) is 5.25. The molecule has 6 heteroatoms. The van der Waals surface area contributed by atoms with E-state index in [1.807, 2.05) is 16.8 Å². The minimum Gasteiger partial charge on any atom is -0.393 e. The molecule has 3 rings (SSSR count). The number of piperidine rings is 1. The summed E-state index contributed by atoms with van der Waals surface area (Å²) in [4.78, 5) is 11.3. The zero-order valence-electron chi connectivity index (χ0n) is 11.8. The number of aliphatic hydroxyl groups is 1. The zero-order chi connectivity index (χ0) is 13.9. The number of anilines is 2. The van der Waals surface area contributed by atoms with Gasteiger partial charge in [-0.1, -0.05) is 6.92 Å². The highest BCUT2D eigenvalue weighted by atomic mass is 16.3. The number of fused-ring (bicyclic) bond motifs is 1. The number of hydrogen-bond donors (Lipinski definition) is 2. The molecule has 0 aromatic carbocycles. The van der Waals surface area contributed by atoms with Crippen molar-refractivity contribution in [3.8, 4) is 0 Å². The van der Waals surface area contributed by atoms with Crippen molar-refractivity contribution in [2.24, 2.45) is 0 Å². The first-order valence-corrected chi connectivity index (χ1v) is 7.28. The quantitative estimate of drug-likeness (QED) is 0.885. The number of rotatable bonds is 4. The van der Waals surface area contributed by atoms with Gasteiger partial charge < -0.3 is 19.7 Å². The van der Waals surface area contributed by atoms with Gasteiger partial charge in [-0.15, -0.1) is 0 Å². The van der Waals surface area contributed by atoms with E-state index in [1.54, 1.807) is 6.20 Å². The molecule has 1 saturated heterocycles. The summed E-state index contributed by atoms with van der Waals surface area (Å²) in [7, 11) is 0. The Labute approximate surface area is 118 Å². The van der Waals surface area contributed by atoms with Crippen LogP contribution in [0.4, 0.5) is 11.6 Å². The van der Waals surface area contributed by atoms with E-state index in [2.05, 4.69) is 22.1 Å². The number of nitrogens with zero attached hydrogens (tertiary/aromatic N) is 4. The number of nitrogens with one attached hydrogen (secondary N) is 1. The molecule has 2 aromatic heterocycles. The molecular formula is C14H21N5O. The maximum absolute atomic E-state index is 9.64. The first-order chi connectivity index (χ1) is 9.78. The lowest BCUT2D eigenvalue weighted by molar-refractivity contribution is 0.145. The van der Waals surface area contributed by atoms with Crippen molar-refractivity contribution in [3.63, 3.8) is 0 Å². The first kappa shape index (κ1) is 13.2. The average Bonchev–Trinajstić information content (AvgIpc) is 2.93. The fourth-order valence-electron chi connectivity index (χ4n) is 2.54. The van der Waals surface area contributed by atoms with Crippen LogP contribution in [0.1, 0.15) is 26.2 Å². The van der Waals surface area contributed by atoms with E-state index >= 15 is 0 Å². The van der Waals surface area contributed by atoms with Crippen molar-refractivity contribution in [1.82, 2.24) is 14.4 Å². The van der Waals surface area contributed by atoms with Gasteiger partial charge in [0.2, 0.25) is 0 Å². The predicted octanol–water partition coefficient (Wildman–Crippen LogP) is 1.51. The summed E-state index contributed by atoms with van der Waals surface area (Å²) in [6.45, 7) is 4.70. The van der Waals surface area contributed by atoms with Gasteiger partial charge in [-0.05, 0) is 19.3 Å². The highest BCUT2D eigenvalue weighted by Gasteiger charge is 2.21. The average molecular weight is 275 g/mol. The summed E-state index contributed by atoms with van der Waals surface area (Å²) in [6, 6.07) is 0. The molecule has 6 nitrogen and oxygen atoms in total. The summed E-state index contributed by atoms with van der Waals surface area (Å²) in [5.41, 5.74) is 0.878. The Morgan fingerprint density at radius 1 is 1.40 bits per heavy atom. The van der Waals surface area contributed by atoms with E-state index in [1.165, 1.54) is 0 Å². The molecule has 1 aliphatic heterocycles. The van der Waals surface area contributed by atoms with Crippen molar-refractivity contribution in [1.29, 1.82) is 0 Å². The molecule has 2 aromatic rings. The molecule has 0 spiro atoms. The third-order valence-corrected chi connectivity index (χ3v) is 3.68. The third-order valence-electron chi connectivity index (χ3n) is 3.68. The highest BCUT2D eigenvalue weighted by molar-refractivity contribution is 5.67. The van der Waals surface area contributed by atoms with Gasteiger partial charge in [0.15, 0.2) is 11.5 Å². The molecule has 1 fully saturated rings. The first-order valence-electron chi connectivity index (χ1n) is 7.28. The molecule has 0 aliphatic carbocycles. The Morgan fingerprint density at radius 2 is 2.20 bits per heavy atom. The fraction of sp³-hybridized carbons (Fsp3) is 0.571. The summed E-state index contributed by atoms with van der Waals surface area (Å²) in [6.07, 6.45) is 8.18. The van der Waals surface area contributed by atoms with Crippen LogP contribution in [0.5, 0.6) is 0 Å². The lowest BCUT2D eigenvalue weighted by atomic mass is 10.1. The Balaban J connectivity index is 1.93. The normalized spacial score (nSPS) is 16.8. The van der Waals surface area contributed by atoms with Crippen molar-refractivity contribution < 1.29 is 5.11 Å². The molecule has 20 heavy (non-hydrogen) atoms. The van der Waals surface area contributed by atoms with Crippen LogP contribution in [0.25, 0.3) is 5.65 Å². The van der Waals surface area contributed by atoms with E-state index in [0.29, 0.717) is 0 Å². The van der Waals surface area contributed by atoms with Crippen molar-refractivity contribution in [2.45, 2.75) is 32.3 Å². The fourth-order valence-corrected chi connectivity index (χ4v) is 2.54. The van der Waals surface area contributed by atoms with Gasteiger partial charge in [-0.25, -0.2) is 9.97 Å². The zero-order valence-corrected chi connectivity index (χ0v) is 11.8. The molecule has 0 saturated carbocycles. The number of aromatic nitrogens is 3. The molecule has 0 bridgehead atoms. The Morgan fingerprint density at radius 3 is 2.95 bits per heavy atom. The highest BCUT2D eigenvalue weighted by Crippen LogP contribution is 2.24. The topological polar surface area (TPSA) is 65.7 Å². The Hall–Kier alpha value is -1.82. The van der Waals surface area contributed by atoms with Crippen LogP contribution >= 0.6 is 0 Å². The van der Waals surface area contributed by atoms with Crippen LogP contribution in [-0.4, -0.2) is 45.2 Å². The monoisotopic (exact) mass is 275 g/mol. The van der Waals surface area contributed by atoms with Crippen LogP contribution in [-0.2, 0) is 0 Å².